The first kappa shape index (κ1) is 24.5. The summed E-state index contributed by atoms with van der Waals surface area (Å²) in [5.74, 6) is 3.88. The first-order chi connectivity index (χ1) is 16.2. The van der Waals surface area contributed by atoms with E-state index in [1.54, 1.807) is 11.8 Å². The summed E-state index contributed by atoms with van der Waals surface area (Å²) in [6.45, 7) is 9.77. The lowest BCUT2D eigenvalue weighted by Crippen LogP contribution is -2.52. The number of aromatic nitrogens is 1. The Morgan fingerprint density at radius 1 is 1.09 bits per heavy atom. The third kappa shape index (κ3) is 3.99. The summed E-state index contributed by atoms with van der Waals surface area (Å²) < 4.78 is 0. The van der Waals surface area contributed by atoms with Crippen LogP contribution in [0.1, 0.15) is 110 Å². The van der Waals surface area contributed by atoms with Gasteiger partial charge in [0.05, 0.1) is 11.7 Å². The maximum atomic E-state index is 11.0. The largest absolute Gasteiger partial charge is 0.390 e. The number of hydrogen-bond donors (Lipinski definition) is 2. The van der Waals surface area contributed by atoms with Gasteiger partial charge in [0, 0.05) is 12.4 Å². The van der Waals surface area contributed by atoms with Crippen molar-refractivity contribution in [3.63, 3.8) is 0 Å². The Labute approximate surface area is 207 Å². The van der Waals surface area contributed by atoms with Crippen molar-refractivity contribution in [3.05, 3.63) is 41.7 Å². The highest BCUT2D eigenvalue weighted by atomic mass is 16.3. The van der Waals surface area contributed by atoms with Gasteiger partial charge in [-0.15, -0.1) is 0 Å². The molecule has 0 bridgehead atoms. The topological polar surface area (TPSA) is 53.4 Å². The van der Waals surface area contributed by atoms with E-state index in [2.05, 4.69) is 38.8 Å². The second kappa shape index (κ2) is 9.04. The minimum Gasteiger partial charge on any atom is -0.390 e. The highest BCUT2D eigenvalue weighted by Gasteiger charge is 2.59. The molecule has 3 heteroatoms. The van der Waals surface area contributed by atoms with Crippen LogP contribution in [0.15, 0.2) is 36.2 Å². The van der Waals surface area contributed by atoms with Crippen molar-refractivity contribution >= 4 is 0 Å². The molecule has 0 aliphatic heterocycles. The average Bonchev–Trinajstić information content (AvgIpc) is 3.20. The number of pyridine rings is 1. The molecule has 1 heterocycles. The first-order valence-corrected chi connectivity index (χ1v) is 14.2. The Morgan fingerprint density at radius 2 is 1.91 bits per heavy atom. The van der Waals surface area contributed by atoms with Crippen molar-refractivity contribution < 1.29 is 10.2 Å². The number of allylic oxidation sites excluding steroid dienone is 1. The van der Waals surface area contributed by atoms with Gasteiger partial charge in [-0.3, -0.25) is 4.98 Å². The predicted octanol–water partition coefficient (Wildman–Crippen LogP) is 7.25. The summed E-state index contributed by atoms with van der Waals surface area (Å²) in [7, 11) is 0. The molecule has 4 aliphatic carbocycles. The van der Waals surface area contributed by atoms with E-state index >= 15 is 0 Å². The van der Waals surface area contributed by atoms with E-state index in [9.17, 15) is 10.2 Å². The zero-order valence-electron chi connectivity index (χ0n) is 22.0. The minimum atomic E-state index is -0.463. The highest BCUT2D eigenvalue weighted by Crippen LogP contribution is 2.67. The molecule has 1 aromatic rings. The quantitative estimate of drug-likeness (QED) is 0.435. The fourth-order valence-corrected chi connectivity index (χ4v) is 9.35. The van der Waals surface area contributed by atoms with Gasteiger partial charge >= 0.3 is 0 Å². The van der Waals surface area contributed by atoms with Crippen LogP contribution in [0, 0.1) is 40.4 Å². The van der Waals surface area contributed by atoms with Crippen molar-refractivity contribution in [2.24, 2.45) is 40.4 Å². The van der Waals surface area contributed by atoms with E-state index in [1.807, 2.05) is 18.3 Å². The van der Waals surface area contributed by atoms with Crippen LogP contribution >= 0.6 is 0 Å². The number of hydrogen-bond acceptors (Lipinski definition) is 3. The average molecular weight is 466 g/mol. The smallest absolute Gasteiger partial charge is 0.0805 e. The van der Waals surface area contributed by atoms with E-state index in [0.717, 1.165) is 61.3 Å². The lowest BCUT2D eigenvalue weighted by atomic mass is 9.46. The summed E-state index contributed by atoms with van der Waals surface area (Å²) in [4.78, 5) is 4.18. The van der Waals surface area contributed by atoms with Crippen molar-refractivity contribution in [1.82, 2.24) is 4.98 Å². The van der Waals surface area contributed by atoms with Gasteiger partial charge in [0.25, 0.3) is 0 Å². The lowest BCUT2D eigenvalue weighted by Gasteiger charge is -2.59. The molecule has 0 radical (unpaired) electrons. The second-order valence-corrected chi connectivity index (χ2v) is 13.1. The van der Waals surface area contributed by atoms with Gasteiger partial charge in [-0.05, 0) is 123 Å². The molecule has 4 aliphatic rings. The second-order valence-electron chi connectivity index (χ2n) is 13.1. The Balaban J connectivity index is 1.28. The Morgan fingerprint density at radius 3 is 2.65 bits per heavy atom. The molecule has 9 atom stereocenters. The molecule has 188 valence electrons. The first-order valence-electron chi connectivity index (χ1n) is 14.2. The van der Waals surface area contributed by atoms with E-state index in [-0.39, 0.29) is 0 Å². The van der Waals surface area contributed by atoms with Crippen LogP contribution in [-0.4, -0.2) is 20.8 Å². The number of nitrogens with zero attached hydrogens (tertiary/aromatic N) is 1. The van der Waals surface area contributed by atoms with E-state index in [4.69, 9.17) is 0 Å². The molecule has 3 saturated carbocycles. The van der Waals surface area contributed by atoms with Crippen LogP contribution in [0.4, 0.5) is 0 Å². The fraction of sp³-hybridized carbons (Fsp3) is 0.774. The monoisotopic (exact) mass is 465 g/mol. The van der Waals surface area contributed by atoms with Crippen LogP contribution in [-0.2, 0) is 0 Å². The molecule has 0 saturated heterocycles. The molecule has 3 fully saturated rings. The Bertz CT molecular complexity index is 898. The molecular formula is C31H47NO2. The summed E-state index contributed by atoms with van der Waals surface area (Å²) in [6, 6.07) is 3.91. The molecule has 0 amide bonds. The predicted molar refractivity (Wildman–Crippen MR) is 138 cm³/mol. The summed E-state index contributed by atoms with van der Waals surface area (Å²) in [5, 5.41) is 21.7. The SMILES string of the molecule is CC[C@]1(O)CC[C@@]2(C)C(=CC[C@@H]3C2CC[C@]2(C)[C@@H]([C@H](C)CC[C@H](O)c4cccnc4)CC[C@@H]32)C1. The van der Waals surface area contributed by atoms with Crippen LogP contribution in [0.5, 0.6) is 0 Å². The van der Waals surface area contributed by atoms with Gasteiger partial charge in [-0.1, -0.05) is 45.4 Å². The van der Waals surface area contributed by atoms with Crippen LogP contribution in [0.2, 0.25) is 0 Å². The lowest BCUT2D eigenvalue weighted by molar-refractivity contribution is -0.0757. The molecule has 0 spiro atoms. The fourth-order valence-electron chi connectivity index (χ4n) is 9.35. The third-order valence-corrected chi connectivity index (χ3v) is 11.6. The number of rotatable bonds is 6. The van der Waals surface area contributed by atoms with E-state index < -0.39 is 11.7 Å². The van der Waals surface area contributed by atoms with Crippen molar-refractivity contribution in [3.8, 4) is 0 Å². The summed E-state index contributed by atoms with van der Waals surface area (Å²) >= 11 is 0. The van der Waals surface area contributed by atoms with Crippen molar-refractivity contribution in [2.45, 2.75) is 110 Å². The number of aliphatic hydroxyl groups excluding tert-OH is 1. The standard InChI is InChI=1S/C31H47NO2/c1-5-31(34)17-16-29(3)23(19-31)9-10-24-26-12-11-25(30(26,4)15-14-27(24)29)21(2)8-13-28(33)22-7-6-18-32-20-22/h6-7,9,18,20-21,24-28,33-34H,5,8,10-17,19H2,1-4H3/t21-,24+,25-,26+,27?,28+,29+,30-,31+/m1/s1. The zero-order chi connectivity index (χ0) is 24.1. The number of aliphatic hydroxyl groups is 2. The van der Waals surface area contributed by atoms with Crippen molar-refractivity contribution in [2.75, 3.05) is 0 Å². The third-order valence-electron chi connectivity index (χ3n) is 11.6. The maximum Gasteiger partial charge on any atom is 0.0805 e. The summed E-state index contributed by atoms with van der Waals surface area (Å²) in [5.41, 5.74) is 2.82. The number of fused-ring (bicyclic) bond motifs is 5. The van der Waals surface area contributed by atoms with Crippen LogP contribution < -0.4 is 0 Å². The molecule has 1 aromatic heterocycles. The van der Waals surface area contributed by atoms with Gasteiger partial charge in [0.2, 0.25) is 0 Å². The molecule has 34 heavy (non-hydrogen) atoms. The summed E-state index contributed by atoms with van der Waals surface area (Å²) in [6.07, 6.45) is 18.3. The molecule has 1 unspecified atom stereocenters. The van der Waals surface area contributed by atoms with Gasteiger partial charge in [-0.2, -0.15) is 0 Å². The Hall–Kier alpha value is -1.19. The molecule has 5 rings (SSSR count). The van der Waals surface area contributed by atoms with Crippen LogP contribution in [0.3, 0.4) is 0 Å². The Kier molecular flexibility index (Phi) is 6.51. The van der Waals surface area contributed by atoms with E-state index in [1.165, 1.54) is 38.5 Å². The molecule has 3 nitrogen and oxygen atoms in total. The van der Waals surface area contributed by atoms with Crippen molar-refractivity contribution in [1.29, 1.82) is 0 Å². The molecule has 2 N–H and O–H groups in total. The molecule has 0 aromatic carbocycles. The van der Waals surface area contributed by atoms with Gasteiger partial charge in [0.1, 0.15) is 0 Å². The van der Waals surface area contributed by atoms with Gasteiger partial charge in [-0.25, -0.2) is 0 Å². The van der Waals surface area contributed by atoms with Gasteiger partial charge < -0.3 is 10.2 Å². The zero-order valence-corrected chi connectivity index (χ0v) is 22.0. The van der Waals surface area contributed by atoms with Crippen LogP contribution in [0.25, 0.3) is 0 Å². The minimum absolute atomic E-state index is 0.309. The normalized spacial score (nSPS) is 43.3. The molecular weight excluding hydrogens is 418 g/mol. The highest BCUT2D eigenvalue weighted by molar-refractivity contribution is 5.27. The maximum absolute atomic E-state index is 11.0. The van der Waals surface area contributed by atoms with E-state index in [0.29, 0.717) is 16.7 Å². The van der Waals surface area contributed by atoms with Gasteiger partial charge in [0.15, 0.2) is 0 Å².